The SMILES string of the molecule is CS(=O)(=O)N1CCN(C(=O)CN2C(=O)c3ccccc3N3C(=O)c4ccccc4[C@@H]23)CC1. The zero-order valence-electron chi connectivity index (χ0n) is 17.5. The van der Waals surface area contributed by atoms with Crippen molar-refractivity contribution in [3.63, 3.8) is 0 Å². The first-order valence-corrected chi connectivity index (χ1v) is 12.2. The Morgan fingerprint density at radius 2 is 1.53 bits per heavy atom. The van der Waals surface area contributed by atoms with Crippen LogP contribution in [0.5, 0.6) is 0 Å². The molecule has 0 unspecified atom stereocenters. The lowest BCUT2D eigenvalue weighted by molar-refractivity contribution is -0.133. The molecule has 0 bridgehead atoms. The standard InChI is InChI=1S/C22H22N4O5S/c1-32(30,31)24-12-10-23(11-13-24)19(27)14-25-20-15-6-2-3-7-16(15)22(29)26(20)18-9-5-4-8-17(18)21(25)28/h2-9,20H,10-14H2,1H3/t20-/m0/s1. The number of nitrogens with zero attached hydrogens (tertiary/aromatic N) is 4. The van der Waals surface area contributed by atoms with E-state index in [0.717, 1.165) is 6.26 Å². The van der Waals surface area contributed by atoms with Gasteiger partial charge in [-0.1, -0.05) is 30.3 Å². The maximum absolute atomic E-state index is 13.4. The van der Waals surface area contributed by atoms with Gasteiger partial charge in [-0.25, -0.2) is 8.42 Å². The largest absolute Gasteiger partial charge is 0.339 e. The highest BCUT2D eigenvalue weighted by molar-refractivity contribution is 7.88. The summed E-state index contributed by atoms with van der Waals surface area (Å²) in [5.74, 6) is -0.790. The van der Waals surface area contributed by atoms with Crippen LogP contribution in [0.3, 0.4) is 0 Å². The number of benzene rings is 2. The molecular formula is C22H22N4O5S. The molecule has 2 aromatic rings. The van der Waals surface area contributed by atoms with Crippen LogP contribution in [0.15, 0.2) is 48.5 Å². The van der Waals surface area contributed by atoms with Crippen LogP contribution in [-0.4, -0.2) is 79.2 Å². The molecule has 0 saturated carbocycles. The van der Waals surface area contributed by atoms with Gasteiger partial charge in [-0.3, -0.25) is 19.3 Å². The Morgan fingerprint density at radius 3 is 2.22 bits per heavy atom. The van der Waals surface area contributed by atoms with Crippen molar-refractivity contribution in [3.8, 4) is 0 Å². The second kappa shape index (κ2) is 7.42. The van der Waals surface area contributed by atoms with Crippen molar-refractivity contribution < 1.29 is 22.8 Å². The molecule has 0 aromatic heterocycles. The van der Waals surface area contributed by atoms with Gasteiger partial charge in [-0.2, -0.15) is 4.31 Å². The predicted octanol–water partition coefficient (Wildman–Crippen LogP) is 0.905. The molecule has 1 saturated heterocycles. The molecule has 0 spiro atoms. The van der Waals surface area contributed by atoms with E-state index in [1.165, 1.54) is 9.21 Å². The average Bonchev–Trinajstić information content (AvgIpc) is 3.09. The number of rotatable bonds is 3. The summed E-state index contributed by atoms with van der Waals surface area (Å²) in [7, 11) is -3.31. The first-order valence-electron chi connectivity index (χ1n) is 10.3. The molecule has 166 valence electrons. The Morgan fingerprint density at radius 1 is 0.906 bits per heavy atom. The van der Waals surface area contributed by atoms with Crippen LogP contribution < -0.4 is 4.90 Å². The third-order valence-electron chi connectivity index (χ3n) is 6.25. The monoisotopic (exact) mass is 454 g/mol. The maximum atomic E-state index is 13.4. The van der Waals surface area contributed by atoms with Crippen molar-refractivity contribution >= 4 is 33.4 Å². The third-order valence-corrected chi connectivity index (χ3v) is 7.55. The summed E-state index contributed by atoms with van der Waals surface area (Å²) in [6, 6.07) is 14.0. The van der Waals surface area contributed by atoms with E-state index < -0.39 is 16.2 Å². The van der Waals surface area contributed by atoms with Crippen molar-refractivity contribution in [2.24, 2.45) is 0 Å². The average molecular weight is 455 g/mol. The molecule has 3 heterocycles. The van der Waals surface area contributed by atoms with E-state index in [2.05, 4.69) is 0 Å². The van der Waals surface area contributed by atoms with E-state index in [1.54, 1.807) is 46.2 Å². The molecule has 3 amide bonds. The lowest BCUT2D eigenvalue weighted by Gasteiger charge is -2.41. The number of amides is 3. The fraction of sp³-hybridized carbons (Fsp3) is 0.318. The van der Waals surface area contributed by atoms with Gasteiger partial charge >= 0.3 is 0 Å². The summed E-state index contributed by atoms with van der Waals surface area (Å²) in [4.78, 5) is 44.3. The molecule has 32 heavy (non-hydrogen) atoms. The van der Waals surface area contributed by atoms with Crippen LogP contribution in [0.25, 0.3) is 0 Å². The summed E-state index contributed by atoms with van der Waals surface area (Å²) >= 11 is 0. The van der Waals surface area contributed by atoms with Crippen molar-refractivity contribution in [2.45, 2.75) is 6.17 Å². The first kappa shape index (κ1) is 20.7. The molecule has 1 atom stereocenters. The van der Waals surface area contributed by atoms with Gasteiger partial charge in [0, 0.05) is 37.3 Å². The van der Waals surface area contributed by atoms with Gasteiger partial charge in [-0.05, 0) is 18.2 Å². The molecular weight excluding hydrogens is 432 g/mol. The zero-order valence-corrected chi connectivity index (χ0v) is 18.3. The smallest absolute Gasteiger partial charge is 0.260 e. The van der Waals surface area contributed by atoms with E-state index in [0.29, 0.717) is 22.4 Å². The minimum Gasteiger partial charge on any atom is -0.339 e. The Labute approximate surface area is 185 Å². The number of fused-ring (bicyclic) bond motifs is 5. The van der Waals surface area contributed by atoms with Crippen LogP contribution in [0.2, 0.25) is 0 Å². The van der Waals surface area contributed by atoms with E-state index in [-0.39, 0.29) is 50.4 Å². The van der Waals surface area contributed by atoms with Crippen molar-refractivity contribution in [1.82, 2.24) is 14.1 Å². The third kappa shape index (κ3) is 3.18. The number of hydrogen-bond donors (Lipinski definition) is 0. The number of para-hydroxylation sites is 1. The number of hydrogen-bond acceptors (Lipinski definition) is 5. The number of carbonyl (C=O) groups is 3. The Balaban J connectivity index is 1.46. The fourth-order valence-corrected chi connectivity index (χ4v) is 5.48. The van der Waals surface area contributed by atoms with Crippen molar-refractivity contribution in [1.29, 1.82) is 0 Å². The zero-order chi connectivity index (χ0) is 22.6. The molecule has 3 aliphatic rings. The summed E-state index contributed by atoms with van der Waals surface area (Å²) in [5, 5.41) is 0. The van der Waals surface area contributed by atoms with Gasteiger partial charge in [0.05, 0.1) is 17.5 Å². The Hall–Kier alpha value is -3.24. The van der Waals surface area contributed by atoms with Crippen LogP contribution in [-0.2, 0) is 14.8 Å². The van der Waals surface area contributed by atoms with Gasteiger partial charge < -0.3 is 9.80 Å². The van der Waals surface area contributed by atoms with Gasteiger partial charge in [0.1, 0.15) is 12.7 Å². The summed E-state index contributed by atoms with van der Waals surface area (Å²) in [6.07, 6.45) is 0.458. The second-order valence-corrected chi connectivity index (χ2v) is 10.1. The van der Waals surface area contributed by atoms with Crippen LogP contribution in [0.1, 0.15) is 32.4 Å². The van der Waals surface area contributed by atoms with Crippen LogP contribution >= 0.6 is 0 Å². The van der Waals surface area contributed by atoms with Crippen LogP contribution in [0, 0.1) is 0 Å². The molecule has 0 radical (unpaired) electrons. The summed E-state index contributed by atoms with van der Waals surface area (Å²) in [6.45, 7) is 0.758. The quantitative estimate of drug-likeness (QED) is 0.687. The highest BCUT2D eigenvalue weighted by Crippen LogP contribution is 2.45. The lowest BCUT2D eigenvalue weighted by atomic mass is 10.0. The van der Waals surface area contributed by atoms with Crippen molar-refractivity contribution in [3.05, 3.63) is 65.2 Å². The fourth-order valence-electron chi connectivity index (χ4n) is 4.65. The van der Waals surface area contributed by atoms with E-state index in [9.17, 15) is 22.8 Å². The molecule has 5 rings (SSSR count). The Kier molecular flexibility index (Phi) is 4.79. The molecule has 10 heteroatoms. The summed E-state index contributed by atoms with van der Waals surface area (Å²) < 4.78 is 24.8. The van der Waals surface area contributed by atoms with Crippen LogP contribution in [0.4, 0.5) is 5.69 Å². The first-order chi connectivity index (χ1) is 15.3. The number of carbonyl (C=O) groups excluding carboxylic acids is 3. The van der Waals surface area contributed by atoms with Gasteiger partial charge in [0.25, 0.3) is 11.8 Å². The number of sulfonamides is 1. The molecule has 3 aliphatic heterocycles. The van der Waals surface area contributed by atoms with Gasteiger partial charge in [0.15, 0.2) is 0 Å². The highest BCUT2D eigenvalue weighted by Gasteiger charge is 2.48. The molecule has 9 nitrogen and oxygen atoms in total. The van der Waals surface area contributed by atoms with E-state index in [4.69, 9.17) is 0 Å². The van der Waals surface area contributed by atoms with E-state index in [1.807, 2.05) is 12.1 Å². The molecule has 0 aliphatic carbocycles. The number of anilines is 1. The molecule has 2 aromatic carbocycles. The normalized spacial score (nSPS) is 20.8. The lowest BCUT2D eigenvalue weighted by Crippen LogP contribution is -2.55. The topological polar surface area (TPSA) is 98.3 Å². The summed E-state index contributed by atoms with van der Waals surface area (Å²) in [5.41, 5.74) is 2.12. The highest BCUT2D eigenvalue weighted by atomic mass is 32.2. The minimum atomic E-state index is -3.31. The number of piperazine rings is 1. The van der Waals surface area contributed by atoms with Gasteiger partial charge in [-0.15, -0.1) is 0 Å². The minimum absolute atomic E-state index is 0.200. The van der Waals surface area contributed by atoms with Gasteiger partial charge in [0.2, 0.25) is 15.9 Å². The van der Waals surface area contributed by atoms with E-state index >= 15 is 0 Å². The second-order valence-electron chi connectivity index (χ2n) is 8.13. The maximum Gasteiger partial charge on any atom is 0.260 e. The molecule has 0 N–H and O–H groups in total. The molecule has 1 fully saturated rings. The Bertz CT molecular complexity index is 1240. The predicted molar refractivity (Wildman–Crippen MR) is 116 cm³/mol. The van der Waals surface area contributed by atoms with Crippen molar-refractivity contribution in [2.75, 3.05) is 43.9 Å².